The number of para-hydroxylation sites is 1. The molecule has 1 saturated heterocycles. The molecule has 2 atom stereocenters. The van der Waals surface area contributed by atoms with E-state index in [9.17, 15) is 5.11 Å². The zero-order chi connectivity index (χ0) is 23.3. The Labute approximate surface area is 205 Å². The normalized spacial score (nSPS) is 17.1. The Balaban J connectivity index is 1.16. The van der Waals surface area contributed by atoms with Gasteiger partial charge in [-0.05, 0) is 61.7 Å². The largest absolute Gasteiger partial charge is 0.389 e. The molecule has 3 aromatic carbocycles. The molecular formula is C29H32N2O2S. The van der Waals surface area contributed by atoms with Crippen molar-refractivity contribution < 1.29 is 9.84 Å². The molecule has 0 aliphatic carbocycles. The molecule has 2 unspecified atom stereocenters. The maximum absolute atomic E-state index is 10.8. The number of rotatable bonds is 8. The number of likely N-dealkylation sites (tertiary alicyclic amines) is 1. The first kappa shape index (κ1) is 23.2. The minimum atomic E-state index is -0.519. The van der Waals surface area contributed by atoms with Crippen LogP contribution < -0.4 is 0 Å². The van der Waals surface area contributed by atoms with E-state index in [4.69, 9.17) is 9.72 Å². The fourth-order valence-electron chi connectivity index (χ4n) is 4.86. The van der Waals surface area contributed by atoms with Crippen LogP contribution in [0.3, 0.4) is 0 Å². The fourth-order valence-corrected chi connectivity index (χ4v) is 6.00. The van der Waals surface area contributed by atoms with Crippen LogP contribution in [0.2, 0.25) is 0 Å². The summed E-state index contributed by atoms with van der Waals surface area (Å²) in [6.07, 6.45) is 1.48. The van der Waals surface area contributed by atoms with Crippen molar-refractivity contribution >= 4 is 21.6 Å². The van der Waals surface area contributed by atoms with Gasteiger partial charge in [-0.1, -0.05) is 66.7 Å². The predicted octanol–water partition coefficient (Wildman–Crippen LogP) is 5.95. The van der Waals surface area contributed by atoms with Gasteiger partial charge in [0.05, 0.1) is 27.9 Å². The fraction of sp³-hybridized carbons (Fsp3) is 0.345. The summed E-state index contributed by atoms with van der Waals surface area (Å²) in [5.74, 6) is 0.519. The molecule has 4 aromatic rings. The maximum Gasteiger partial charge on any atom is 0.108 e. The summed E-state index contributed by atoms with van der Waals surface area (Å²) in [6, 6.07) is 27.0. The number of aliphatic hydroxyl groups is 1. The molecule has 5 heteroatoms. The minimum absolute atomic E-state index is 0.179. The summed E-state index contributed by atoms with van der Waals surface area (Å²) >= 11 is 1.83. The van der Waals surface area contributed by atoms with Gasteiger partial charge in [0.25, 0.3) is 0 Å². The van der Waals surface area contributed by atoms with E-state index in [1.165, 1.54) is 15.3 Å². The molecule has 5 rings (SSSR count). The minimum Gasteiger partial charge on any atom is -0.389 e. The zero-order valence-corrected chi connectivity index (χ0v) is 20.5. The van der Waals surface area contributed by atoms with E-state index in [2.05, 4.69) is 60.4 Å². The second-order valence-corrected chi connectivity index (χ2v) is 10.3. The SMILES string of the molecule is Cc1ccccc1C(OCC(O)CN1CCC(c2nc3ccccc3s2)CC1)c1ccccc1. The molecule has 1 N–H and O–H groups in total. The van der Waals surface area contributed by atoms with E-state index in [0.29, 0.717) is 19.1 Å². The molecule has 1 aliphatic rings. The molecule has 34 heavy (non-hydrogen) atoms. The van der Waals surface area contributed by atoms with Crippen molar-refractivity contribution in [3.8, 4) is 0 Å². The zero-order valence-electron chi connectivity index (χ0n) is 19.6. The Morgan fingerprint density at radius 1 is 0.971 bits per heavy atom. The van der Waals surface area contributed by atoms with Crippen molar-refractivity contribution in [2.75, 3.05) is 26.2 Å². The number of aryl methyl sites for hydroxylation is 1. The van der Waals surface area contributed by atoms with Crippen LogP contribution in [0, 0.1) is 6.92 Å². The Kier molecular flexibility index (Phi) is 7.36. The van der Waals surface area contributed by atoms with Crippen molar-refractivity contribution in [1.82, 2.24) is 9.88 Å². The van der Waals surface area contributed by atoms with Gasteiger partial charge in [-0.15, -0.1) is 11.3 Å². The van der Waals surface area contributed by atoms with Gasteiger partial charge in [-0.2, -0.15) is 0 Å². The first-order valence-corrected chi connectivity index (χ1v) is 13.0. The van der Waals surface area contributed by atoms with Crippen LogP contribution in [0.1, 0.15) is 46.6 Å². The maximum atomic E-state index is 10.8. The van der Waals surface area contributed by atoms with Crippen LogP contribution in [-0.2, 0) is 4.74 Å². The molecule has 4 nitrogen and oxygen atoms in total. The third-order valence-electron chi connectivity index (χ3n) is 6.74. The van der Waals surface area contributed by atoms with Gasteiger partial charge in [0, 0.05) is 12.5 Å². The molecule has 176 valence electrons. The number of nitrogens with zero attached hydrogens (tertiary/aromatic N) is 2. The van der Waals surface area contributed by atoms with Gasteiger partial charge in [0.1, 0.15) is 6.10 Å². The molecule has 1 aliphatic heterocycles. The highest BCUT2D eigenvalue weighted by Crippen LogP contribution is 2.34. The molecule has 1 aromatic heterocycles. The van der Waals surface area contributed by atoms with Crippen LogP contribution >= 0.6 is 11.3 Å². The van der Waals surface area contributed by atoms with E-state index < -0.39 is 6.10 Å². The number of hydrogen-bond donors (Lipinski definition) is 1. The van der Waals surface area contributed by atoms with E-state index in [0.717, 1.165) is 42.6 Å². The number of hydrogen-bond acceptors (Lipinski definition) is 5. The van der Waals surface area contributed by atoms with Crippen molar-refractivity contribution in [3.05, 3.63) is 101 Å². The highest BCUT2D eigenvalue weighted by atomic mass is 32.1. The van der Waals surface area contributed by atoms with E-state index >= 15 is 0 Å². The van der Waals surface area contributed by atoms with Crippen LogP contribution in [0.25, 0.3) is 10.2 Å². The standard InChI is InChI=1S/C29H32N2O2S/c1-21-9-5-6-12-25(21)28(22-10-3-2-4-11-22)33-20-24(32)19-31-17-15-23(16-18-31)29-30-26-13-7-8-14-27(26)34-29/h2-14,23-24,28,32H,15-20H2,1H3. The summed E-state index contributed by atoms with van der Waals surface area (Å²) in [7, 11) is 0. The number of piperidine rings is 1. The lowest BCUT2D eigenvalue weighted by molar-refractivity contribution is -0.0113. The summed E-state index contributed by atoms with van der Waals surface area (Å²) in [5, 5.41) is 12.1. The van der Waals surface area contributed by atoms with Gasteiger partial charge in [0.2, 0.25) is 0 Å². The summed E-state index contributed by atoms with van der Waals surface area (Å²) in [6.45, 7) is 5.03. The van der Waals surface area contributed by atoms with E-state index in [1.54, 1.807) is 0 Å². The monoisotopic (exact) mass is 472 g/mol. The van der Waals surface area contributed by atoms with Crippen LogP contribution in [0.4, 0.5) is 0 Å². The number of aromatic nitrogens is 1. The summed E-state index contributed by atoms with van der Waals surface area (Å²) in [5.41, 5.74) is 4.57. The lowest BCUT2D eigenvalue weighted by Gasteiger charge is -2.32. The van der Waals surface area contributed by atoms with E-state index in [-0.39, 0.29) is 6.10 Å². The number of β-amino-alcohol motifs (C(OH)–C–C–N with tert-alkyl or cyclic N) is 1. The van der Waals surface area contributed by atoms with Crippen molar-refractivity contribution in [1.29, 1.82) is 0 Å². The second kappa shape index (κ2) is 10.8. The average molecular weight is 473 g/mol. The van der Waals surface area contributed by atoms with Gasteiger partial charge in [0.15, 0.2) is 0 Å². The van der Waals surface area contributed by atoms with Gasteiger partial charge < -0.3 is 14.7 Å². The van der Waals surface area contributed by atoms with Crippen LogP contribution in [0.5, 0.6) is 0 Å². The van der Waals surface area contributed by atoms with Crippen LogP contribution in [0.15, 0.2) is 78.9 Å². The number of ether oxygens (including phenoxy) is 1. The summed E-state index contributed by atoms with van der Waals surface area (Å²) in [4.78, 5) is 7.23. The third-order valence-corrected chi connectivity index (χ3v) is 7.94. The average Bonchev–Trinajstić information content (AvgIpc) is 3.31. The van der Waals surface area contributed by atoms with Gasteiger partial charge >= 0.3 is 0 Å². The Morgan fingerprint density at radius 3 is 2.44 bits per heavy atom. The first-order chi connectivity index (χ1) is 16.7. The Morgan fingerprint density at radius 2 is 1.68 bits per heavy atom. The lowest BCUT2D eigenvalue weighted by atomic mass is 9.97. The number of benzene rings is 3. The third kappa shape index (κ3) is 5.39. The van der Waals surface area contributed by atoms with Crippen molar-refractivity contribution in [3.63, 3.8) is 0 Å². The predicted molar refractivity (Wildman–Crippen MR) is 139 cm³/mol. The molecule has 0 radical (unpaired) electrons. The summed E-state index contributed by atoms with van der Waals surface area (Å²) < 4.78 is 7.61. The van der Waals surface area contributed by atoms with E-state index in [1.807, 2.05) is 41.7 Å². The smallest absolute Gasteiger partial charge is 0.108 e. The topological polar surface area (TPSA) is 45.6 Å². The molecular weight excluding hydrogens is 440 g/mol. The molecule has 0 spiro atoms. The Bertz CT molecular complexity index is 1170. The number of aliphatic hydroxyl groups excluding tert-OH is 1. The highest BCUT2D eigenvalue weighted by molar-refractivity contribution is 7.18. The molecule has 2 heterocycles. The first-order valence-electron chi connectivity index (χ1n) is 12.2. The molecule has 0 saturated carbocycles. The van der Waals surface area contributed by atoms with Crippen LogP contribution in [-0.4, -0.2) is 47.3 Å². The second-order valence-electron chi connectivity index (χ2n) is 9.23. The molecule has 0 amide bonds. The molecule has 0 bridgehead atoms. The lowest BCUT2D eigenvalue weighted by Crippen LogP contribution is -2.40. The molecule has 1 fully saturated rings. The Hall–Kier alpha value is -2.57. The number of thiazole rings is 1. The van der Waals surface area contributed by atoms with Gasteiger partial charge in [-0.25, -0.2) is 4.98 Å². The highest BCUT2D eigenvalue weighted by Gasteiger charge is 2.25. The van der Waals surface area contributed by atoms with Gasteiger partial charge in [-0.3, -0.25) is 0 Å². The van der Waals surface area contributed by atoms with Crippen molar-refractivity contribution in [2.45, 2.75) is 37.9 Å². The number of fused-ring (bicyclic) bond motifs is 1. The quantitative estimate of drug-likeness (QED) is 0.344. The van der Waals surface area contributed by atoms with Crippen molar-refractivity contribution in [2.24, 2.45) is 0 Å².